The van der Waals surface area contributed by atoms with Crippen LogP contribution in [0.1, 0.15) is 53.6 Å². The first-order valence-corrected chi connectivity index (χ1v) is 9.78. The summed E-state index contributed by atoms with van der Waals surface area (Å²) < 4.78 is 1.69. The van der Waals surface area contributed by atoms with Crippen LogP contribution in [0.15, 0.2) is 10.9 Å². The summed E-state index contributed by atoms with van der Waals surface area (Å²) in [6, 6.07) is 1.95. The highest BCUT2D eigenvalue weighted by Crippen LogP contribution is 2.30. The first kappa shape index (κ1) is 17.8. The van der Waals surface area contributed by atoms with E-state index in [-0.39, 0.29) is 5.69 Å². The monoisotopic (exact) mass is 370 g/mol. The molecule has 3 heterocycles. The number of rotatable bonds is 5. The number of fused-ring (bicyclic) bond motifs is 1. The molecule has 0 aromatic carbocycles. The van der Waals surface area contributed by atoms with Gasteiger partial charge in [-0.15, -0.1) is 0 Å². The van der Waals surface area contributed by atoms with Gasteiger partial charge in [-0.3, -0.25) is 9.36 Å². The van der Waals surface area contributed by atoms with Gasteiger partial charge in [-0.05, 0) is 56.6 Å². The highest BCUT2D eigenvalue weighted by Gasteiger charge is 2.27. The average molecular weight is 370 g/mol. The van der Waals surface area contributed by atoms with Gasteiger partial charge in [0.05, 0.1) is 5.56 Å². The van der Waals surface area contributed by atoms with Crippen molar-refractivity contribution in [1.82, 2.24) is 19.7 Å². The van der Waals surface area contributed by atoms with Crippen LogP contribution in [-0.2, 0) is 25.8 Å². The van der Waals surface area contributed by atoms with Crippen molar-refractivity contribution >= 4 is 11.7 Å². The highest BCUT2D eigenvalue weighted by atomic mass is 16.2. The predicted molar refractivity (Wildman–Crippen MR) is 102 cm³/mol. The Balaban J connectivity index is 1.48. The molecule has 3 N–H and O–H groups in total. The summed E-state index contributed by atoms with van der Waals surface area (Å²) in [7, 11) is 0. The number of nitrogens with one attached hydrogen (secondary N) is 1. The van der Waals surface area contributed by atoms with Crippen LogP contribution in [0.3, 0.4) is 0 Å². The van der Waals surface area contributed by atoms with E-state index in [0.717, 1.165) is 69.0 Å². The van der Waals surface area contributed by atoms with E-state index in [1.807, 2.05) is 13.0 Å². The molecule has 2 aromatic rings. The van der Waals surface area contributed by atoms with Crippen molar-refractivity contribution in [3.05, 3.63) is 39.2 Å². The number of hydrogen-bond acceptors (Lipinski definition) is 5. The van der Waals surface area contributed by atoms with E-state index < -0.39 is 5.91 Å². The lowest BCUT2D eigenvalue weighted by atomic mass is 9.93. The lowest BCUT2D eigenvalue weighted by Gasteiger charge is -2.33. The Kier molecular flexibility index (Phi) is 4.72. The molecule has 0 bridgehead atoms. The smallest absolute Gasteiger partial charge is 0.343 e. The van der Waals surface area contributed by atoms with Gasteiger partial charge in [0.1, 0.15) is 11.6 Å². The summed E-state index contributed by atoms with van der Waals surface area (Å²) in [5.74, 6) is 1.63. The molecule has 0 spiro atoms. The third-order valence-electron chi connectivity index (χ3n) is 5.84. The van der Waals surface area contributed by atoms with Crippen LogP contribution in [0.4, 0.5) is 5.82 Å². The second-order valence-corrected chi connectivity index (χ2v) is 7.51. The van der Waals surface area contributed by atoms with Crippen molar-refractivity contribution in [2.45, 2.75) is 52.0 Å². The predicted octanol–water partition coefficient (Wildman–Crippen LogP) is 1.03. The Morgan fingerprint density at radius 1 is 1.33 bits per heavy atom. The quantitative estimate of drug-likeness (QED) is 0.817. The van der Waals surface area contributed by atoms with E-state index in [0.29, 0.717) is 18.0 Å². The first-order chi connectivity index (χ1) is 13.1. The maximum absolute atomic E-state index is 12.0. The Morgan fingerprint density at radius 2 is 2.11 bits per heavy atom. The fraction of sp³-hybridized carbons (Fsp3) is 0.579. The van der Waals surface area contributed by atoms with Gasteiger partial charge < -0.3 is 10.6 Å². The number of aromatic nitrogens is 4. The number of amides is 1. The molecule has 0 radical (unpaired) electrons. The molecule has 1 aliphatic heterocycles. The van der Waals surface area contributed by atoms with Crippen LogP contribution < -0.4 is 16.3 Å². The minimum Gasteiger partial charge on any atom is -0.365 e. The largest absolute Gasteiger partial charge is 0.365 e. The van der Waals surface area contributed by atoms with E-state index in [1.165, 1.54) is 5.56 Å². The van der Waals surface area contributed by atoms with Gasteiger partial charge in [-0.25, -0.2) is 14.9 Å². The summed E-state index contributed by atoms with van der Waals surface area (Å²) in [4.78, 5) is 30.7. The molecule has 0 unspecified atom stereocenters. The number of carbonyl (C=O) groups is 1. The third-order valence-corrected chi connectivity index (χ3v) is 5.84. The van der Waals surface area contributed by atoms with E-state index in [1.54, 1.807) is 4.57 Å². The molecular formula is C19H26N6O2. The molecule has 1 aliphatic carbocycles. The molecule has 0 atom stereocenters. The molecule has 27 heavy (non-hydrogen) atoms. The van der Waals surface area contributed by atoms with Gasteiger partial charge in [0, 0.05) is 31.7 Å². The molecule has 1 amide bonds. The average Bonchev–Trinajstić information content (AvgIpc) is 3.27. The molecule has 1 fully saturated rings. The molecule has 8 nitrogen and oxygen atoms in total. The molecule has 4 rings (SSSR count). The van der Waals surface area contributed by atoms with Crippen molar-refractivity contribution < 1.29 is 4.79 Å². The van der Waals surface area contributed by atoms with E-state index in [9.17, 15) is 9.59 Å². The van der Waals surface area contributed by atoms with Gasteiger partial charge in [-0.1, -0.05) is 0 Å². The topological polar surface area (TPSA) is 110 Å². The maximum atomic E-state index is 12.0. The van der Waals surface area contributed by atoms with E-state index >= 15 is 0 Å². The number of hydrogen-bond donors (Lipinski definition) is 2. The molecule has 2 aliphatic rings. The van der Waals surface area contributed by atoms with Gasteiger partial charge in [0.2, 0.25) is 0 Å². The van der Waals surface area contributed by atoms with E-state index in [2.05, 4.69) is 15.1 Å². The fourth-order valence-electron chi connectivity index (χ4n) is 4.32. The van der Waals surface area contributed by atoms with Crippen LogP contribution in [0.2, 0.25) is 0 Å². The van der Waals surface area contributed by atoms with Crippen molar-refractivity contribution in [1.29, 1.82) is 0 Å². The zero-order valence-corrected chi connectivity index (χ0v) is 15.7. The van der Waals surface area contributed by atoms with Gasteiger partial charge in [-0.2, -0.15) is 5.10 Å². The Hall–Kier alpha value is -2.64. The van der Waals surface area contributed by atoms with Gasteiger partial charge in [0.15, 0.2) is 0 Å². The summed E-state index contributed by atoms with van der Waals surface area (Å²) in [5, 5.41) is 6.71. The minimum absolute atomic E-state index is 0.140. The summed E-state index contributed by atoms with van der Waals surface area (Å²) in [6.45, 7) is 4.24. The fourth-order valence-corrected chi connectivity index (χ4v) is 4.32. The Bertz CT molecular complexity index is 907. The molecule has 8 heteroatoms. The number of H-pyrrole nitrogens is 1. The number of anilines is 1. The Morgan fingerprint density at radius 3 is 2.81 bits per heavy atom. The summed E-state index contributed by atoms with van der Waals surface area (Å²) in [6.07, 6.45) is 5.79. The number of carbonyl (C=O) groups excluding carboxylic acids is 1. The molecule has 144 valence electrons. The molecule has 1 saturated heterocycles. The number of aryl methyl sites for hydroxylation is 2. The number of nitrogens with zero attached hydrogens (tertiary/aromatic N) is 4. The van der Waals surface area contributed by atoms with Crippen LogP contribution in [0.5, 0.6) is 0 Å². The van der Waals surface area contributed by atoms with Crippen LogP contribution in [0.25, 0.3) is 0 Å². The lowest BCUT2D eigenvalue weighted by Crippen LogP contribution is -2.37. The number of nitrogens with two attached hydrogens (primary N) is 1. The van der Waals surface area contributed by atoms with Crippen LogP contribution in [0, 0.1) is 5.92 Å². The van der Waals surface area contributed by atoms with Crippen LogP contribution >= 0.6 is 0 Å². The van der Waals surface area contributed by atoms with Crippen molar-refractivity contribution in [2.24, 2.45) is 11.7 Å². The second-order valence-electron chi connectivity index (χ2n) is 7.51. The number of piperidine rings is 1. The molecule has 0 saturated carbocycles. The lowest BCUT2D eigenvalue weighted by molar-refractivity contribution is 0.1000. The first-order valence-electron chi connectivity index (χ1n) is 9.78. The highest BCUT2D eigenvalue weighted by molar-refractivity contribution is 5.98. The zero-order valence-electron chi connectivity index (χ0n) is 15.7. The normalized spacial score (nSPS) is 17.3. The minimum atomic E-state index is -0.405. The number of pyridine rings is 1. The summed E-state index contributed by atoms with van der Waals surface area (Å²) in [5.41, 5.74) is 8.31. The SMILES string of the molecule is CCn1c(CC2CCN(c3nc4c(cc3C(N)=O)CCC4)CC2)n[nH]c1=O. The van der Waals surface area contributed by atoms with E-state index in [4.69, 9.17) is 10.7 Å². The standard InChI is InChI=1S/C19H26N6O2/c1-2-25-16(22-23-19(25)27)10-12-6-8-24(9-7-12)18-14(17(20)26)11-13-4-3-5-15(13)21-18/h11-12H,2-10H2,1H3,(H2,20,26)(H,23,27). The van der Waals surface area contributed by atoms with Crippen molar-refractivity contribution in [3.63, 3.8) is 0 Å². The third kappa shape index (κ3) is 3.36. The zero-order chi connectivity index (χ0) is 19.0. The van der Waals surface area contributed by atoms with Crippen LogP contribution in [-0.4, -0.2) is 38.7 Å². The number of primary amides is 1. The second kappa shape index (κ2) is 7.17. The Labute approximate surface area is 157 Å². The number of aromatic amines is 1. The summed E-state index contributed by atoms with van der Waals surface area (Å²) >= 11 is 0. The maximum Gasteiger partial charge on any atom is 0.343 e. The molecular weight excluding hydrogens is 344 g/mol. The van der Waals surface area contributed by atoms with Gasteiger partial charge >= 0.3 is 5.69 Å². The molecule has 2 aromatic heterocycles. The van der Waals surface area contributed by atoms with Crippen molar-refractivity contribution in [3.8, 4) is 0 Å². The van der Waals surface area contributed by atoms with Gasteiger partial charge in [0.25, 0.3) is 5.91 Å². The van der Waals surface area contributed by atoms with Crippen molar-refractivity contribution in [2.75, 3.05) is 18.0 Å².